The molecule has 1 aliphatic rings. The fourth-order valence-electron chi connectivity index (χ4n) is 3.50. The summed E-state index contributed by atoms with van der Waals surface area (Å²) in [6, 6.07) is 17.5. The van der Waals surface area contributed by atoms with Crippen molar-refractivity contribution in [3.63, 3.8) is 0 Å². The lowest BCUT2D eigenvalue weighted by Crippen LogP contribution is -2.16. The summed E-state index contributed by atoms with van der Waals surface area (Å²) in [7, 11) is 0. The highest BCUT2D eigenvalue weighted by atomic mass is 35.5. The number of fused-ring (bicyclic) bond motifs is 1. The van der Waals surface area contributed by atoms with E-state index in [9.17, 15) is 10.1 Å². The molecule has 4 aromatic rings. The summed E-state index contributed by atoms with van der Waals surface area (Å²) >= 11 is 13.8. The van der Waals surface area contributed by atoms with Crippen molar-refractivity contribution in [3.05, 3.63) is 96.6 Å². The van der Waals surface area contributed by atoms with E-state index in [1.165, 1.54) is 17.4 Å². The highest BCUT2D eigenvalue weighted by Crippen LogP contribution is 2.34. The highest BCUT2D eigenvalue weighted by molar-refractivity contribution is 7.07. The largest absolute Gasteiger partial charge is 0.454 e. The molecule has 10 heteroatoms. The van der Waals surface area contributed by atoms with E-state index >= 15 is 0 Å². The Morgan fingerprint density at radius 2 is 1.85 bits per heavy atom. The average Bonchev–Trinajstić information content (AvgIpc) is 3.43. The molecule has 0 aliphatic carbocycles. The van der Waals surface area contributed by atoms with Crippen molar-refractivity contribution in [2.24, 2.45) is 4.99 Å². The van der Waals surface area contributed by atoms with Crippen molar-refractivity contribution in [1.29, 1.82) is 0 Å². The number of hydrogen-bond donors (Lipinski definition) is 0. The Hall–Kier alpha value is -3.33. The third-order valence-electron chi connectivity index (χ3n) is 5.09. The Balaban J connectivity index is 1.66. The highest BCUT2D eigenvalue weighted by Gasteiger charge is 2.17. The predicted octanol–water partition coefficient (Wildman–Crippen LogP) is 6.44. The zero-order valence-electron chi connectivity index (χ0n) is 16.9. The molecular weight excluding hydrogens is 485 g/mol. The van der Waals surface area contributed by atoms with Crippen LogP contribution >= 0.6 is 34.5 Å². The van der Waals surface area contributed by atoms with Gasteiger partial charge in [-0.2, -0.15) is 0 Å². The molecule has 2 heterocycles. The monoisotopic (exact) mass is 499 g/mol. The van der Waals surface area contributed by atoms with Crippen LogP contribution < -0.4 is 14.3 Å². The maximum atomic E-state index is 11.5. The molecule has 166 valence electrons. The third kappa shape index (κ3) is 4.32. The minimum Gasteiger partial charge on any atom is -0.454 e. The molecule has 0 N–H and O–H groups in total. The normalized spacial score (nSPS) is 12.8. The molecular formula is C23H15Cl2N3O4S. The SMILES string of the molecule is O=[N+]([O-])c1ccccc1N=c1scc(-c2ccc(Cl)c(Cl)c2)n1Cc1ccc2c(c1)OCO2. The lowest BCUT2D eigenvalue weighted by molar-refractivity contribution is -0.384. The van der Waals surface area contributed by atoms with Gasteiger partial charge in [-0.05, 0) is 35.9 Å². The molecule has 0 radical (unpaired) electrons. The summed E-state index contributed by atoms with van der Waals surface area (Å²) in [5.74, 6) is 1.38. The molecule has 3 aromatic carbocycles. The van der Waals surface area contributed by atoms with Gasteiger partial charge in [0, 0.05) is 17.0 Å². The summed E-state index contributed by atoms with van der Waals surface area (Å²) in [5.41, 5.74) is 2.89. The van der Waals surface area contributed by atoms with Gasteiger partial charge < -0.3 is 14.0 Å². The Labute approximate surface area is 202 Å². The maximum absolute atomic E-state index is 11.5. The van der Waals surface area contributed by atoms with Gasteiger partial charge >= 0.3 is 0 Å². The quantitative estimate of drug-likeness (QED) is 0.233. The first-order valence-electron chi connectivity index (χ1n) is 9.80. The van der Waals surface area contributed by atoms with Gasteiger partial charge in [0.1, 0.15) is 5.69 Å². The maximum Gasteiger partial charge on any atom is 0.294 e. The number of nitro groups is 1. The van der Waals surface area contributed by atoms with Crippen LogP contribution in [0.4, 0.5) is 11.4 Å². The molecule has 1 aliphatic heterocycles. The summed E-state index contributed by atoms with van der Waals surface area (Å²) in [5, 5.41) is 14.3. The van der Waals surface area contributed by atoms with Crippen LogP contribution in [-0.4, -0.2) is 16.3 Å². The molecule has 0 fully saturated rings. The van der Waals surface area contributed by atoms with E-state index in [2.05, 4.69) is 4.99 Å². The van der Waals surface area contributed by atoms with Crippen LogP contribution in [-0.2, 0) is 6.54 Å². The second-order valence-electron chi connectivity index (χ2n) is 7.16. The van der Waals surface area contributed by atoms with Crippen LogP contribution in [0.2, 0.25) is 10.0 Å². The van der Waals surface area contributed by atoms with Crippen LogP contribution in [0.5, 0.6) is 11.5 Å². The van der Waals surface area contributed by atoms with Gasteiger partial charge in [0.25, 0.3) is 5.69 Å². The molecule has 0 bridgehead atoms. The van der Waals surface area contributed by atoms with E-state index in [1.807, 2.05) is 34.2 Å². The van der Waals surface area contributed by atoms with Crippen molar-refractivity contribution in [2.75, 3.05) is 6.79 Å². The third-order valence-corrected chi connectivity index (χ3v) is 6.69. The molecule has 0 unspecified atom stereocenters. The van der Waals surface area contributed by atoms with Gasteiger partial charge in [-0.25, -0.2) is 4.99 Å². The zero-order chi connectivity index (χ0) is 22.9. The van der Waals surface area contributed by atoms with Crippen molar-refractivity contribution in [2.45, 2.75) is 6.54 Å². The summed E-state index contributed by atoms with van der Waals surface area (Å²) < 4.78 is 12.9. The van der Waals surface area contributed by atoms with Crippen LogP contribution in [0.3, 0.4) is 0 Å². The van der Waals surface area contributed by atoms with Crippen molar-refractivity contribution in [1.82, 2.24) is 4.57 Å². The molecule has 0 spiro atoms. The number of nitro benzene ring substituents is 1. The number of halogens is 2. The summed E-state index contributed by atoms with van der Waals surface area (Å²) in [6.45, 7) is 0.645. The first-order valence-corrected chi connectivity index (χ1v) is 11.4. The Bertz CT molecular complexity index is 1450. The topological polar surface area (TPSA) is 78.9 Å². The summed E-state index contributed by atoms with van der Waals surface area (Å²) in [6.07, 6.45) is 0. The molecule has 0 atom stereocenters. The van der Waals surface area contributed by atoms with E-state index in [1.54, 1.807) is 30.3 Å². The van der Waals surface area contributed by atoms with Crippen LogP contribution in [0.1, 0.15) is 5.56 Å². The Kier molecular flexibility index (Phi) is 5.80. The molecule has 0 saturated heterocycles. The van der Waals surface area contributed by atoms with Gasteiger partial charge in [0.2, 0.25) is 6.79 Å². The van der Waals surface area contributed by atoms with Gasteiger partial charge in [-0.15, -0.1) is 11.3 Å². The van der Waals surface area contributed by atoms with Crippen LogP contribution in [0, 0.1) is 10.1 Å². The Morgan fingerprint density at radius 3 is 2.67 bits per heavy atom. The van der Waals surface area contributed by atoms with Crippen molar-refractivity contribution >= 4 is 45.9 Å². The first kappa shape index (κ1) is 21.5. The van der Waals surface area contributed by atoms with Crippen LogP contribution in [0.25, 0.3) is 11.3 Å². The molecule has 33 heavy (non-hydrogen) atoms. The Morgan fingerprint density at radius 1 is 1.03 bits per heavy atom. The van der Waals surface area contributed by atoms with E-state index < -0.39 is 4.92 Å². The van der Waals surface area contributed by atoms with Gasteiger partial charge in [0.05, 0.1) is 27.2 Å². The van der Waals surface area contributed by atoms with Crippen LogP contribution in [0.15, 0.2) is 71.0 Å². The molecule has 5 rings (SSSR count). The molecule has 1 aromatic heterocycles. The lowest BCUT2D eigenvalue weighted by atomic mass is 10.1. The molecule has 7 nitrogen and oxygen atoms in total. The number of rotatable bonds is 5. The molecule has 0 saturated carbocycles. The van der Waals surface area contributed by atoms with E-state index in [4.69, 9.17) is 32.7 Å². The average molecular weight is 500 g/mol. The van der Waals surface area contributed by atoms with E-state index in [0.717, 1.165) is 16.8 Å². The predicted molar refractivity (Wildman–Crippen MR) is 128 cm³/mol. The number of benzene rings is 3. The van der Waals surface area contributed by atoms with Crippen molar-refractivity contribution in [3.8, 4) is 22.8 Å². The zero-order valence-corrected chi connectivity index (χ0v) is 19.2. The van der Waals surface area contributed by atoms with Gasteiger partial charge in [0.15, 0.2) is 16.3 Å². The lowest BCUT2D eigenvalue weighted by Gasteiger charge is -2.11. The minimum absolute atomic E-state index is 0.0587. The molecule has 0 amide bonds. The second-order valence-corrected chi connectivity index (χ2v) is 8.81. The standard InChI is InChI=1S/C23H15Cl2N3O4S/c24-16-7-6-15(10-17(16)25)20-12-33-23(26-18-3-1-2-4-19(18)28(29)30)27(20)11-14-5-8-21-22(9-14)32-13-31-21/h1-10,12H,11,13H2. The first-order chi connectivity index (χ1) is 16.0. The number of ether oxygens (including phenoxy) is 2. The number of thiazole rings is 1. The second kappa shape index (κ2) is 8.90. The fraction of sp³-hybridized carbons (Fsp3) is 0.0870. The van der Waals surface area contributed by atoms with E-state index in [0.29, 0.717) is 32.9 Å². The van der Waals surface area contributed by atoms with E-state index in [-0.39, 0.29) is 18.2 Å². The van der Waals surface area contributed by atoms with Gasteiger partial charge in [-0.3, -0.25) is 10.1 Å². The number of hydrogen-bond acceptors (Lipinski definition) is 6. The number of aromatic nitrogens is 1. The smallest absolute Gasteiger partial charge is 0.294 e. The summed E-state index contributed by atoms with van der Waals surface area (Å²) in [4.78, 5) is 16.3. The van der Waals surface area contributed by atoms with Gasteiger partial charge in [-0.1, -0.05) is 47.5 Å². The number of nitrogens with zero attached hydrogens (tertiary/aromatic N) is 3. The van der Waals surface area contributed by atoms with Crippen molar-refractivity contribution < 1.29 is 14.4 Å². The number of para-hydroxylation sites is 2. The minimum atomic E-state index is -0.436. The fourth-order valence-corrected chi connectivity index (χ4v) is 4.72.